The number of amides is 1. The zero-order valence-corrected chi connectivity index (χ0v) is 7.55. The average Bonchev–Trinajstić information content (AvgIpc) is 2.01. The van der Waals surface area contributed by atoms with Gasteiger partial charge in [-0.2, -0.15) is 0 Å². The first-order valence-electron chi connectivity index (χ1n) is 3.43. The van der Waals surface area contributed by atoms with Crippen molar-refractivity contribution in [2.45, 2.75) is 6.92 Å². The zero-order chi connectivity index (χ0) is 8.69. The molecule has 3 N–H and O–H groups in total. The Morgan fingerprint density at radius 2 is 2.09 bits per heavy atom. The minimum atomic E-state index is -0.0508. The van der Waals surface area contributed by atoms with E-state index < -0.39 is 0 Å². The van der Waals surface area contributed by atoms with Crippen molar-refractivity contribution in [3.05, 3.63) is 0 Å². The van der Waals surface area contributed by atoms with Gasteiger partial charge in [-0.15, -0.1) is 0 Å². The summed E-state index contributed by atoms with van der Waals surface area (Å²) in [4.78, 5) is 10.8. The molecule has 0 aliphatic carbocycles. The van der Waals surface area contributed by atoms with E-state index >= 15 is 0 Å². The molecule has 4 nitrogen and oxygen atoms in total. The standard InChI is InChI=1S/C6H13N3OS/c1-3-8-5(10)4-9-6(11)7-2/h3-4H2,1-2H3,(H,8,10)(H2,7,9,11). The number of carbonyl (C=O) groups excluding carboxylic acids is 1. The highest BCUT2D eigenvalue weighted by molar-refractivity contribution is 7.80. The van der Waals surface area contributed by atoms with E-state index in [1.54, 1.807) is 7.05 Å². The predicted molar refractivity (Wildman–Crippen MR) is 48.3 cm³/mol. The van der Waals surface area contributed by atoms with Gasteiger partial charge in [0.2, 0.25) is 5.91 Å². The first-order valence-corrected chi connectivity index (χ1v) is 3.83. The summed E-state index contributed by atoms with van der Waals surface area (Å²) in [7, 11) is 1.70. The van der Waals surface area contributed by atoms with Gasteiger partial charge in [0.05, 0.1) is 6.54 Å². The molecule has 0 rings (SSSR count). The maximum Gasteiger partial charge on any atom is 0.239 e. The molecule has 5 heteroatoms. The molecule has 64 valence electrons. The van der Waals surface area contributed by atoms with Crippen molar-refractivity contribution >= 4 is 23.2 Å². The van der Waals surface area contributed by atoms with Crippen LogP contribution in [0, 0.1) is 0 Å². The van der Waals surface area contributed by atoms with Gasteiger partial charge >= 0.3 is 0 Å². The molecule has 0 aromatic carbocycles. The van der Waals surface area contributed by atoms with E-state index in [1.807, 2.05) is 6.92 Å². The van der Waals surface area contributed by atoms with Crippen molar-refractivity contribution in [1.82, 2.24) is 16.0 Å². The molecule has 0 aliphatic rings. The molecular formula is C6H13N3OS. The molecule has 0 aromatic heterocycles. The van der Waals surface area contributed by atoms with Crippen LogP contribution in [0.2, 0.25) is 0 Å². The van der Waals surface area contributed by atoms with Crippen LogP contribution in [0.3, 0.4) is 0 Å². The minimum Gasteiger partial charge on any atom is -0.366 e. The number of carbonyl (C=O) groups is 1. The molecule has 0 radical (unpaired) electrons. The molecule has 0 atom stereocenters. The molecule has 0 saturated carbocycles. The fourth-order valence-corrected chi connectivity index (χ4v) is 0.581. The maximum absolute atomic E-state index is 10.8. The van der Waals surface area contributed by atoms with Gasteiger partial charge in [0, 0.05) is 13.6 Å². The summed E-state index contributed by atoms with van der Waals surface area (Å²) in [6.07, 6.45) is 0. The van der Waals surface area contributed by atoms with Crippen molar-refractivity contribution in [3.63, 3.8) is 0 Å². The first kappa shape index (κ1) is 10.2. The molecule has 1 amide bonds. The summed E-state index contributed by atoms with van der Waals surface area (Å²) in [5, 5.41) is 8.55. The summed E-state index contributed by atoms with van der Waals surface area (Å²) in [5.74, 6) is -0.0508. The van der Waals surface area contributed by atoms with E-state index in [-0.39, 0.29) is 12.5 Å². The SMILES string of the molecule is CCNC(=O)CNC(=S)NC. The Bertz CT molecular complexity index is 149. The monoisotopic (exact) mass is 175 g/mol. The minimum absolute atomic E-state index is 0.0508. The molecule has 0 spiro atoms. The van der Waals surface area contributed by atoms with Gasteiger partial charge in [0.15, 0.2) is 5.11 Å². The van der Waals surface area contributed by atoms with Crippen molar-refractivity contribution < 1.29 is 4.79 Å². The van der Waals surface area contributed by atoms with E-state index in [9.17, 15) is 4.79 Å². The summed E-state index contributed by atoms with van der Waals surface area (Å²) >= 11 is 4.76. The molecule has 0 bridgehead atoms. The van der Waals surface area contributed by atoms with Gasteiger partial charge in [0.1, 0.15) is 0 Å². The summed E-state index contributed by atoms with van der Waals surface area (Å²) < 4.78 is 0. The van der Waals surface area contributed by atoms with E-state index in [2.05, 4.69) is 16.0 Å². The Kier molecular flexibility index (Phi) is 5.46. The van der Waals surface area contributed by atoms with Crippen molar-refractivity contribution in [2.75, 3.05) is 20.1 Å². The highest BCUT2D eigenvalue weighted by Crippen LogP contribution is 1.65. The summed E-state index contributed by atoms with van der Waals surface area (Å²) in [6.45, 7) is 2.74. The second kappa shape index (κ2) is 5.91. The Hall–Kier alpha value is -0.840. The molecule has 0 saturated heterocycles. The third-order valence-electron chi connectivity index (χ3n) is 1.01. The van der Waals surface area contributed by atoms with Crippen LogP contribution in [-0.4, -0.2) is 31.2 Å². The van der Waals surface area contributed by atoms with Crippen LogP contribution in [0.1, 0.15) is 6.92 Å². The average molecular weight is 175 g/mol. The van der Waals surface area contributed by atoms with Crippen LogP contribution < -0.4 is 16.0 Å². The third-order valence-corrected chi connectivity index (χ3v) is 1.36. The van der Waals surface area contributed by atoms with Crippen LogP contribution >= 0.6 is 12.2 Å². The number of hydrogen-bond donors (Lipinski definition) is 3. The van der Waals surface area contributed by atoms with Crippen LogP contribution in [0.15, 0.2) is 0 Å². The lowest BCUT2D eigenvalue weighted by atomic mass is 10.5. The van der Waals surface area contributed by atoms with Crippen LogP contribution in [0.25, 0.3) is 0 Å². The second-order valence-electron chi connectivity index (χ2n) is 1.89. The molecule has 11 heavy (non-hydrogen) atoms. The normalized spacial score (nSPS) is 8.55. The zero-order valence-electron chi connectivity index (χ0n) is 6.73. The van der Waals surface area contributed by atoms with Gasteiger partial charge in [-0.05, 0) is 19.1 Å². The molecule has 0 unspecified atom stereocenters. The number of hydrogen-bond acceptors (Lipinski definition) is 2. The number of rotatable bonds is 3. The molecule has 0 heterocycles. The number of likely N-dealkylation sites (N-methyl/N-ethyl adjacent to an activating group) is 1. The number of nitrogens with one attached hydrogen (secondary N) is 3. The molecule has 0 fully saturated rings. The topological polar surface area (TPSA) is 53.2 Å². The Labute approximate surface area is 71.7 Å². The predicted octanol–water partition coefficient (Wildman–Crippen LogP) is -0.784. The van der Waals surface area contributed by atoms with Gasteiger partial charge < -0.3 is 16.0 Å². The van der Waals surface area contributed by atoms with Gasteiger partial charge in [-0.1, -0.05) is 0 Å². The summed E-state index contributed by atoms with van der Waals surface area (Å²) in [5.41, 5.74) is 0. The highest BCUT2D eigenvalue weighted by Gasteiger charge is 1.97. The molecular weight excluding hydrogens is 162 g/mol. The van der Waals surface area contributed by atoms with Gasteiger partial charge in [-0.3, -0.25) is 4.79 Å². The maximum atomic E-state index is 10.8. The van der Waals surface area contributed by atoms with Crippen LogP contribution in [0.5, 0.6) is 0 Å². The van der Waals surface area contributed by atoms with Gasteiger partial charge in [0.25, 0.3) is 0 Å². The highest BCUT2D eigenvalue weighted by atomic mass is 32.1. The lowest BCUT2D eigenvalue weighted by molar-refractivity contribution is -0.119. The molecule has 0 aromatic rings. The number of thiocarbonyl (C=S) groups is 1. The third kappa shape index (κ3) is 5.60. The lowest BCUT2D eigenvalue weighted by Gasteiger charge is -2.05. The van der Waals surface area contributed by atoms with Crippen molar-refractivity contribution in [1.29, 1.82) is 0 Å². The fraction of sp³-hybridized carbons (Fsp3) is 0.667. The lowest BCUT2D eigenvalue weighted by Crippen LogP contribution is -2.40. The van der Waals surface area contributed by atoms with E-state index in [1.165, 1.54) is 0 Å². The Morgan fingerprint density at radius 3 is 2.55 bits per heavy atom. The Balaban J connectivity index is 3.38. The quantitative estimate of drug-likeness (QED) is 0.492. The van der Waals surface area contributed by atoms with E-state index in [4.69, 9.17) is 12.2 Å². The second-order valence-corrected chi connectivity index (χ2v) is 2.29. The van der Waals surface area contributed by atoms with Crippen molar-refractivity contribution in [2.24, 2.45) is 0 Å². The molecule has 0 aliphatic heterocycles. The van der Waals surface area contributed by atoms with E-state index in [0.717, 1.165) is 0 Å². The van der Waals surface area contributed by atoms with Crippen LogP contribution in [0.4, 0.5) is 0 Å². The largest absolute Gasteiger partial charge is 0.366 e. The van der Waals surface area contributed by atoms with Crippen LogP contribution in [-0.2, 0) is 4.79 Å². The van der Waals surface area contributed by atoms with E-state index in [0.29, 0.717) is 11.7 Å². The Morgan fingerprint density at radius 1 is 1.45 bits per heavy atom. The van der Waals surface area contributed by atoms with Crippen molar-refractivity contribution in [3.8, 4) is 0 Å². The fourth-order valence-electron chi connectivity index (χ4n) is 0.509. The summed E-state index contributed by atoms with van der Waals surface area (Å²) in [6, 6.07) is 0. The first-order chi connectivity index (χ1) is 5.20. The van der Waals surface area contributed by atoms with Gasteiger partial charge in [-0.25, -0.2) is 0 Å². The smallest absolute Gasteiger partial charge is 0.239 e.